The second-order valence-electron chi connectivity index (χ2n) is 8.19. The first kappa shape index (κ1) is 23.6. The van der Waals surface area contributed by atoms with Gasteiger partial charge in [0.15, 0.2) is 0 Å². The molecule has 0 spiro atoms. The van der Waals surface area contributed by atoms with Gasteiger partial charge in [0.05, 0.1) is 12.7 Å². The van der Waals surface area contributed by atoms with Gasteiger partial charge in [0.25, 0.3) is 5.91 Å². The maximum Gasteiger partial charge on any atom is 0.254 e. The minimum Gasteiger partial charge on any atom is -0.497 e. The van der Waals surface area contributed by atoms with Crippen LogP contribution >= 0.6 is 0 Å². The summed E-state index contributed by atoms with van der Waals surface area (Å²) in [5.74, 6) is -0.226. The second-order valence-corrected chi connectivity index (χ2v) is 8.19. The lowest BCUT2D eigenvalue weighted by Gasteiger charge is -2.26. The summed E-state index contributed by atoms with van der Waals surface area (Å²) in [5.41, 5.74) is 0.877. The molecule has 6 nitrogen and oxygen atoms in total. The van der Waals surface area contributed by atoms with Crippen LogP contribution in [0.1, 0.15) is 48.9 Å². The summed E-state index contributed by atoms with van der Waals surface area (Å²) in [6.07, 6.45) is 6.18. The van der Waals surface area contributed by atoms with E-state index in [2.05, 4.69) is 16.0 Å². The minimum absolute atomic E-state index is 0.0462. The first-order valence-electron chi connectivity index (χ1n) is 11.3. The van der Waals surface area contributed by atoms with Crippen LogP contribution in [0.15, 0.2) is 48.5 Å². The normalized spacial score (nSPS) is 14.9. The fourth-order valence-corrected chi connectivity index (χ4v) is 4.09. The number of amides is 2. The summed E-state index contributed by atoms with van der Waals surface area (Å²) >= 11 is 0. The van der Waals surface area contributed by atoms with Crippen molar-refractivity contribution in [3.8, 4) is 5.75 Å². The maximum atomic E-state index is 14.0. The summed E-state index contributed by atoms with van der Waals surface area (Å²) in [7, 11) is 1.62. The molecule has 1 saturated carbocycles. The summed E-state index contributed by atoms with van der Waals surface area (Å²) in [5, 5.41) is 8.91. The number of nitrogens with one attached hydrogen (secondary N) is 3. The molecule has 0 aromatic heterocycles. The van der Waals surface area contributed by atoms with Crippen LogP contribution in [-0.2, 0) is 4.79 Å². The number of methoxy groups -OCH3 is 1. The van der Waals surface area contributed by atoms with Crippen LogP contribution in [0.2, 0.25) is 0 Å². The standard InChI is InChI=1S/C25H32FN3O3/c1-32-20-13-11-19(12-14-20)27-15-16-28-25(31)23(17-18-7-3-2-4-8-18)29-24(30)21-9-5-6-10-22(21)26/h5-6,9-14,18,23,27H,2-4,7-8,15-17H2,1H3,(H,28,31)(H,29,30)/t23-/m0/s1. The second kappa shape index (κ2) is 12.1. The molecule has 0 heterocycles. The highest BCUT2D eigenvalue weighted by atomic mass is 19.1. The van der Waals surface area contributed by atoms with Gasteiger partial charge in [-0.05, 0) is 48.7 Å². The Morgan fingerprint density at radius 2 is 1.75 bits per heavy atom. The van der Waals surface area contributed by atoms with E-state index in [4.69, 9.17) is 4.74 Å². The summed E-state index contributed by atoms with van der Waals surface area (Å²) in [6.45, 7) is 0.942. The molecule has 3 rings (SSSR count). The van der Waals surface area contributed by atoms with Crippen molar-refractivity contribution < 1.29 is 18.7 Å². The van der Waals surface area contributed by atoms with E-state index in [1.807, 2.05) is 24.3 Å². The largest absolute Gasteiger partial charge is 0.497 e. The van der Waals surface area contributed by atoms with Crippen LogP contribution in [0.4, 0.5) is 10.1 Å². The lowest BCUT2D eigenvalue weighted by Crippen LogP contribution is -2.48. The van der Waals surface area contributed by atoms with Crippen LogP contribution in [0.3, 0.4) is 0 Å². The number of halogens is 1. The number of carbonyl (C=O) groups is 2. The van der Waals surface area contributed by atoms with E-state index in [-0.39, 0.29) is 11.5 Å². The number of rotatable bonds is 10. The monoisotopic (exact) mass is 441 g/mol. The molecule has 0 bridgehead atoms. The van der Waals surface area contributed by atoms with Gasteiger partial charge < -0.3 is 20.7 Å². The third kappa shape index (κ3) is 6.97. The number of anilines is 1. The highest BCUT2D eigenvalue weighted by Gasteiger charge is 2.26. The topological polar surface area (TPSA) is 79.5 Å². The van der Waals surface area contributed by atoms with Crippen molar-refractivity contribution in [3.63, 3.8) is 0 Å². The van der Waals surface area contributed by atoms with Crippen molar-refractivity contribution in [2.75, 3.05) is 25.5 Å². The molecule has 0 radical (unpaired) electrons. The SMILES string of the molecule is COc1ccc(NCCNC(=O)[C@H](CC2CCCCC2)NC(=O)c2ccccc2F)cc1. The van der Waals surface area contributed by atoms with Gasteiger partial charge in [0.1, 0.15) is 17.6 Å². The Balaban J connectivity index is 1.55. The first-order valence-corrected chi connectivity index (χ1v) is 11.3. The summed E-state index contributed by atoms with van der Waals surface area (Å²) in [6, 6.07) is 12.7. The lowest BCUT2D eigenvalue weighted by molar-refractivity contribution is -0.123. The van der Waals surface area contributed by atoms with E-state index in [0.29, 0.717) is 25.4 Å². The minimum atomic E-state index is -0.689. The van der Waals surface area contributed by atoms with Crippen LogP contribution in [0.25, 0.3) is 0 Å². The molecule has 32 heavy (non-hydrogen) atoms. The van der Waals surface area contributed by atoms with Gasteiger partial charge in [-0.25, -0.2) is 4.39 Å². The first-order chi connectivity index (χ1) is 15.6. The molecule has 1 atom stereocenters. The molecule has 0 unspecified atom stereocenters. The zero-order valence-corrected chi connectivity index (χ0v) is 18.5. The van der Waals surface area contributed by atoms with E-state index >= 15 is 0 Å². The molecule has 1 fully saturated rings. The number of hydrogen-bond acceptors (Lipinski definition) is 4. The molecule has 1 aliphatic rings. The fourth-order valence-electron chi connectivity index (χ4n) is 4.09. The highest BCUT2D eigenvalue weighted by Crippen LogP contribution is 2.27. The molecule has 0 saturated heterocycles. The van der Waals surface area contributed by atoms with E-state index in [1.54, 1.807) is 13.2 Å². The molecule has 172 valence electrons. The third-order valence-electron chi connectivity index (χ3n) is 5.88. The van der Waals surface area contributed by atoms with Gasteiger partial charge in [-0.15, -0.1) is 0 Å². The van der Waals surface area contributed by atoms with Gasteiger partial charge in [0, 0.05) is 18.8 Å². The zero-order chi connectivity index (χ0) is 22.8. The predicted molar refractivity (Wildman–Crippen MR) is 123 cm³/mol. The van der Waals surface area contributed by atoms with Crippen LogP contribution in [0.5, 0.6) is 5.75 Å². The van der Waals surface area contributed by atoms with Crippen LogP contribution in [0, 0.1) is 11.7 Å². The number of benzene rings is 2. The molecule has 3 N–H and O–H groups in total. The third-order valence-corrected chi connectivity index (χ3v) is 5.88. The summed E-state index contributed by atoms with van der Waals surface area (Å²) in [4.78, 5) is 25.5. The van der Waals surface area contributed by atoms with Gasteiger partial charge in [0.2, 0.25) is 5.91 Å². The Labute approximate surface area is 188 Å². The fraction of sp³-hybridized carbons (Fsp3) is 0.440. The van der Waals surface area contributed by atoms with Gasteiger partial charge in [-0.1, -0.05) is 44.2 Å². The molecule has 7 heteroatoms. The van der Waals surface area contributed by atoms with Crippen molar-refractivity contribution in [2.45, 2.75) is 44.6 Å². The number of ether oxygens (including phenoxy) is 1. The average molecular weight is 442 g/mol. The Morgan fingerprint density at radius 3 is 2.44 bits per heavy atom. The van der Waals surface area contributed by atoms with E-state index in [1.165, 1.54) is 24.6 Å². The van der Waals surface area contributed by atoms with E-state index in [9.17, 15) is 14.0 Å². The smallest absolute Gasteiger partial charge is 0.254 e. The molecule has 2 aromatic rings. The molecule has 1 aliphatic carbocycles. The highest BCUT2D eigenvalue weighted by molar-refractivity contribution is 5.97. The molecule has 2 amide bonds. The Morgan fingerprint density at radius 1 is 1.03 bits per heavy atom. The van der Waals surface area contributed by atoms with Crippen LogP contribution in [-0.4, -0.2) is 38.1 Å². The Bertz CT molecular complexity index is 882. The molecule has 2 aromatic carbocycles. The van der Waals surface area contributed by atoms with Crippen LogP contribution < -0.4 is 20.7 Å². The van der Waals surface area contributed by atoms with Crippen molar-refractivity contribution in [1.82, 2.24) is 10.6 Å². The van der Waals surface area contributed by atoms with Crippen molar-refractivity contribution >= 4 is 17.5 Å². The van der Waals surface area contributed by atoms with Gasteiger partial charge in [-0.2, -0.15) is 0 Å². The Hall–Kier alpha value is -3.09. The molecule has 0 aliphatic heterocycles. The summed E-state index contributed by atoms with van der Waals surface area (Å²) < 4.78 is 19.2. The van der Waals surface area contributed by atoms with Crippen molar-refractivity contribution in [3.05, 3.63) is 59.9 Å². The Kier molecular flexibility index (Phi) is 8.90. The van der Waals surface area contributed by atoms with E-state index < -0.39 is 17.8 Å². The predicted octanol–water partition coefficient (Wildman–Crippen LogP) is 4.13. The van der Waals surface area contributed by atoms with Gasteiger partial charge >= 0.3 is 0 Å². The van der Waals surface area contributed by atoms with Crippen molar-refractivity contribution in [1.29, 1.82) is 0 Å². The molecular weight excluding hydrogens is 409 g/mol. The molecular formula is C25H32FN3O3. The van der Waals surface area contributed by atoms with Crippen molar-refractivity contribution in [2.24, 2.45) is 5.92 Å². The lowest BCUT2D eigenvalue weighted by atomic mass is 9.84. The number of hydrogen-bond donors (Lipinski definition) is 3. The van der Waals surface area contributed by atoms with E-state index in [0.717, 1.165) is 37.1 Å². The zero-order valence-electron chi connectivity index (χ0n) is 18.5. The number of carbonyl (C=O) groups excluding carboxylic acids is 2. The van der Waals surface area contributed by atoms with Gasteiger partial charge in [-0.3, -0.25) is 9.59 Å². The quantitative estimate of drug-likeness (QED) is 0.485. The average Bonchev–Trinajstić information content (AvgIpc) is 2.82. The maximum absolute atomic E-state index is 14.0.